The Balaban J connectivity index is 0.944. The summed E-state index contributed by atoms with van der Waals surface area (Å²) in [7, 11) is 2.61. The van der Waals surface area contributed by atoms with E-state index in [1.165, 1.54) is 19.8 Å². The number of fused-ring (bicyclic) bond motifs is 6. The molecule has 9 atom stereocenters. The number of rotatable bonds is 9. The lowest BCUT2D eigenvalue weighted by Gasteiger charge is -2.38. The molecule has 2 aromatic heterocycles. The lowest BCUT2D eigenvalue weighted by Crippen LogP contribution is -2.54. The molecule has 4 amide bonds. The third-order valence-corrected chi connectivity index (χ3v) is 14.0. The number of amides is 4. The van der Waals surface area contributed by atoms with Crippen molar-refractivity contribution in [2.24, 2.45) is 11.8 Å². The molecule has 5 aliphatic rings. The molecule has 0 spiro atoms. The number of likely N-dealkylation sites (tertiary alicyclic amines) is 2. The van der Waals surface area contributed by atoms with Gasteiger partial charge >= 0.3 is 12.2 Å². The summed E-state index contributed by atoms with van der Waals surface area (Å²) in [5, 5.41) is 7.69. The molecule has 6 heterocycles. The molecule has 2 unspecified atom stereocenters. The van der Waals surface area contributed by atoms with Gasteiger partial charge < -0.3 is 49.3 Å². The number of hydrogen-bond acceptors (Lipinski definition) is 10. The van der Waals surface area contributed by atoms with E-state index < -0.39 is 24.3 Å². The topological polar surface area (TPSA) is 193 Å². The van der Waals surface area contributed by atoms with Crippen molar-refractivity contribution in [3.05, 3.63) is 69.7 Å². The second kappa shape index (κ2) is 17.7. The molecule has 0 bridgehead atoms. The van der Waals surface area contributed by atoms with Gasteiger partial charge in [0.2, 0.25) is 11.8 Å². The Kier molecular flexibility index (Phi) is 12.0. The Morgan fingerprint density at radius 1 is 0.875 bits per heavy atom. The number of ether oxygens (including phenoxy) is 4. The summed E-state index contributed by atoms with van der Waals surface area (Å²) in [5.74, 6) is 0.969. The van der Waals surface area contributed by atoms with Crippen LogP contribution in [0.15, 0.2) is 36.5 Å². The van der Waals surface area contributed by atoms with E-state index in [2.05, 4.69) is 63.1 Å². The molecule has 4 aromatic rings. The molecule has 16 heteroatoms. The Bertz CT molecular complexity index is 2560. The number of carbonyl (C=O) groups excluding carboxylic acids is 4. The summed E-state index contributed by atoms with van der Waals surface area (Å²) in [6.07, 6.45) is 9.30. The van der Waals surface area contributed by atoms with Crippen molar-refractivity contribution < 1.29 is 38.1 Å². The molecule has 3 saturated heterocycles. The summed E-state index contributed by atoms with van der Waals surface area (Å²) in [5.41, 5.74) is 5.87. The average Bonchev–Trinajstić information content (AvgIpc) is 4.12. The third kappa shape index (κ3) is 8.14. The van der Waals surface area contributed by atoms with E-state index >= 15 is 0 Å². The van der Waals surface area contributed by atoms with Crippen LogP contribution in [0, 0.1) is 11.8 Å². The van der Waals surface area contributed by atoms with Gasteiger partial charge in [-0.15, -0.1) is 0 Å². The van der Waals surface area contributed by atoms with Gasteiger partial charge in [-0.25, -0.2) is 19.6 Å². The minimum absolute atomic E-state index is 0.00310. The fourth-order valence-electron chi connectivity index (χ4n) is 10.9. The van der Waals surface area contributed by atoms with Crippen LogP contribution in [-0.2, 0) is 35.1 Å². The number of methoxy groups -OCH3 is 2. The summed E-state index contributed by atoms with van der Waals surface area (Å²) in [6.45, 7) is 10.9. The van der Waals surface area contributed by atoms with Crippen LogP contribution in [0.1, 0.15) is 114 Å². The molecule has 0 radical (unpaired) electrons. The number of nitrogens with zero attached hydrogens (tertiary/aromatic N) is 4. The van der Waals surface area contributed by atoms with Crippen LogP contribution in [-0.4, -0.2) is 111 Å². The maximum atomic E-state index is 14.4. The Labute approximate surface area is 372 Å². The van der Waals surface area contributed by atoms with Crippen LogP contribution >= 0.6 is 0 Å². The monoisotopic (exact) mass is 876 g/mol. The zero-order valence-corrected chi connectivity index (χ0v) is 37.7. The van der Waals surface area contributed by atoms with Gasteiger partial charge in [0.15, 0.2) is 0 Å². The SMILES string of the molecule is COC(=O)N[C@H](C(=O)N1[C@@H](C)CC[C@H]1c1ncc(-c2ccc3c(c2)COC2C=c4c(ccc5[nH]c([C@@H]6CCCN6C(=O)[C@@H](NC(=O)OC)C6C[C@@H](C)O[C@H](C)C6)nc45)=CC32)[nH]1)C(C)C. The van der Waals surface area contributed by atoms with Crippen LogP contribution < -0.4 is 21.1 Å². The highest BCUT2D eigenvalue weighted by Gasteiger charge is 2.43. The fourth-order valence-corrected chi connectivity index (χ4v) is 10.9. The quantitative estimate of drug-likeness (QED) is 0.173. The van der Waals surface area contributed by atoms with Crippen molar-refractivity contribution in [2.45, 2.75) is 134 Å². The van der Waals surface area contributed by atoms with Gasteiger partial charge in [0.1, 0.15) is 23.7 Å². The number of hydrogen-bond donors (Lipinski definition) is 4. The Morgan fingerprint density at radius 3 is 2.39 bits per heavy atom. The van der Waals surface area contributed by atoms with E-state index in [4.69, 9.17) is 28.9 Å². The van der Waals surface area contributed by atoms with Crippen LogP contribution in [0.3, 0.4) is 0 Å². The number of carbonyl (C=O) groups is 4. The van der Waals surface area contributed by atoms with Gasteiger partial charge in [0, 0.05) is 23.7 Å². The summed E-state index contributed by atoms with van der Waals surface area (Å²) in [4.78, 5) is 73.7. The van der Waals surface area contributed by atoms with Gasteiger partial charge in [-0.05, 0) is 111 Å². The van der Waals surface area contributed by atoms with Crippen LogP contribution in [0.2, 0.25) is 0 Å². The number of aromatic amines is 2. The van der Waals surface area contributed by atoms with Crippen LogP contribution in [0.5, 0.6) is 0 Å². The first-order valence-electron chi connectivity index (χ1n) is 22.8. The van der Waals surface area contributed by atoms with E-state index in [0.29, 0.717) is 31.8 Å². The molecular weight excluding hydrogens is 817 g/mol. The van der Waals surface area contributed by atoms with E-state index in [0.717, 1.165) is 69.8 Å². The predicted octanol–water partition coefficient (Wildman–Crippen LogP) is 5.23. The molecular formula is C48H60N8O8. The minimum Gasteiger partial charge on any atom is -0.453 e. The van der Waals surface area contributed by atoms with E-state index in [1.807, 2.05) is 50.6 Å². The lowest BCUT2D eigenvalue weighted by molar-refractivity contribution is -0.139. The van der Waals surface area contributed by atoms with Crippen molar-refractivity contribution in [1.29, 1.82) is 0 Å². The van der Waals surface area contributed by atoms with Crippen molar-refractivity contribution in [1.82, 2.24) is 40.4 Å². The number of aromatic nitrogens is 4. The van der Waals surface area contributed by atoms with Crippen LogP contribution in [0.4, 0.5) is 9.59 Å². The normalized spacial score (nSPS) is 27.1. The first kappa shape index (κ1) is 43.5. The molecule has 9 rings (SSSR count). The number of benzene rings is 2. The highest BCUT2D eigenvalue weighted by atomic mass is 16.5. The van der Waals surface area contributed by atoms with Gasteiger partial charge in [0.25, 0.3) is 0 Å². The number of alkyl carbamates (subject to hydrolysis) is 2. The Morgan fingerprint density at radius 2 is 1.64 bits per heavy atom. The van der Waals surface area contributed by atoms with Crippen molar-refractivity contribution in [3.63, 3.8) is 0 Å². The number of nitrogens with one attached hydrogen (secondary N) is 4. The zero-order chi connectivity index (χ0) is 45.0. The highest BCUT2D eigenvalue weighted by Crippen LogP contribution is 2.40. The average molecular weight is 877 g/mol. The molecule has 1 aliphatic carbocycles. The summed E-state index contributed by atoms with van der Waals surface area (Å²) < 4.78 is 22.3. The van der Waals surface area contributed by atoms with E-state index in [1.54, 1.807) is 0 Å². The van der Waals surface area contributed by atoms with Crippen LogP contribution in [0.25, 0.3) is 34.4 Å². The van der Waals surface area contributed by atoms with Gasteiger partial charge in [-0.2, -0.15) is 0 Å². The standard InChI is InChI=1S/C48H60N8O8/c1-24(2)40(53-47(59)61-6)46(58)56-25(3)10-15-38(56)43-49-22-36(51-43)29-11-13-32-31(19-29)23-63-39-21-33-28(20-34(32)39)12-14-35-42(33)52-44(50-35)37-9-8-16-55(37)45(57)41(54-48(60)62-7)30-17-26(4)64-27(5)18-30/h11-14,19-22,24-27,30,34,37-41H,8-10,15-18,23H2,1-7H3,(H,49,51)(H,50,52)(H,53,59)(H,54,60)/t25-,26+,27+,34?,37-,38-,39?,40-,41-/m0/s1. The molecule has 340 valence electrons. The van der Waals surface area contributed by atoms with Gasteiger partial charge in [-0.1, -0.05) is 38.1 Å². The molecule has 64 heavy (non-hydrogen) atoms. The molecule has 2 aromatic carbocycles. The fraction of sp³-hybridized carbons (Fsp3) is 0.542. The third-order valence-electron chi connectivity index (χ3n) is 14.0. The number of imidazole rings is 2. The first-order valence-corrected chi connectivity index (χ1v) is 22.8. The zero-order valence-electron chi connectivity index (χ0n) is 37.7. The molecule has 4 aliphatic heterocycles. The Hall–Kier alpha value is -5.74. The van der Waals surface area contributed by atoms with Gasteiger partial charge in [-0.3, -0.25) is 9.59 Å². The summed E-state index contributed by atoms with van der Waals surface area (Å²) in [6, 6.07) is 8.66. The van der Waals surface area contributed by atoms with E-state index in [9.17, 15) is 19.2 Å². The molecule has 4 N–H and O–H groups in total. The first-order chi connectivity index (χ1) is 30.8. The van der Waals surface area contributed by atoms with E-state index in [-0.39, 0.29) is 66.0 Å². The summed E-state index contributed by atoms with van der Waals surface area (Å²) >= 11 is 0. The largest absolute Gasteiger partial charge is 0.453 e. The molecule has 3 fully saturated rings. The smallest absolute Gasteiger partial charge is 0.407 e. The van der Waals surface area contributed by atoms with Gasteiger partial charge in [0.05, 0.1) is 74.1 Å². The highest BCUT2D eigenvalue weighted by molar-refractivity contribution is 5.88. The lowest BCUT2D eigenvalue weighted by atomic mass is 9.83. The number of H-pyrrole nitrogens is 2. The maximum absolute atomic E-state index is 14.4. The molecule has 0 saturated carbocycles. The second-order valence-electron chi connectivity index (χ2n) is 18.7. The molecule has 16 nitrogen and oxygen atoms in total. The minimum atomic E-state index is -0.732. The predicted molar refractivity (Wildman–Crippen MR) is 238 cm³/mol. The second-order valence-corrected chi connectivity index (χ2v) is 18.7. The van der Waals surface area contributed by atoms with Crippen molar-refractivity contribution in [3.8, 4) is 11.3 Å². The maximum Gasteiger partial charge on any atom is 0.407 e. The van der Waals surface area contributed by atoms with Crippen molar-refractivity contribution >= 4 is 47.2 Å². The van der Waals surface area contributed by atoms with Crippen molar-refractivity contribution in [2.75, 3.05) is 20.8 Å².